The van der Waals surface area contributed by atoms with E-state index in [1.54, 1.807) is 6.07 Å². The zero-order chi connectivity index (χ0) is 13.1. The molecule has 18 heavy (non-hydrogen) atoms. The van der Waals surface area contributed by atoms with E-state index < -0.39 is 0 Å². The summed E-state index contributed by atoms with van der Waals surface area (Å²) in [6, 6.07) is 3.68. The quantitative estimate of drug-likeness (QED) is 0.446. The smallest absolute Gasteiger partial charge is 0.283 e. The molecule has 1 aromatic rings. The van der Waals surface area contributed by atoms with E-state index >= 15 is 0 Å². The van der Waals surface area contributed by atoms with Crippen LogP contribution in [-0.4, -0.2) is 36.7 Å². The number of nitrogens with one attached hydrogen (secondary N) is 1. The molecule has 1 aliphatic rings. The molecule has 1 atom stereocenters. The molecule has 0 spiro atoms. The third-order valence-electron chi connectivity index (χ3n) is 2.88. The number of nitrogens with two attached hydrogens (primary N) is 1. The molecule has 0 bridgehead atoms. The number of morpholine rings is 1. The standard InChI is InChI=1S/C12H18N4O2/c1-8-5-10(12(17)15-13)14-11(6-8)16-3-4-18-9(2)7-16/h5-6,9H,3-4,7,13H2,1-2H3,(H,15,17). The van der Waals surface area contributed by atoms with E-state index in [9.17, 15) is 4.79 Å². The van der Waals surface area contributed by atoms with Crippen molar-refractivity contribution in [3.05, 3.63) is 23.4 Å². The van der Waals surface area contributed by atoms with Crippen molar-refractivity contribution in [3.63, 3.8) is 0 Å². The molecule has 6 heteroatoms. The van der Waals surface area contributed by atoms with Crippen molar-refractivity contribution in [1.82, 2.24) is 10.4 Å². The largest absolute Gasteiger partial charge is 0.375 e. The number of hydrazine groups is 1. The summed E-state index contributed by atoms with van der Waals surface area (Å²) in [5.41, 5.74) is 3.43. The molecule has 1 amide bonds. The number of amides is 1. The molecule has 6 nitrogen and oxygen atoms in total. The number of nitrogen functional groups attached to an aromatic ring is 1. The molecule has 0 radical (unpaired) electrons. The molecule has 1 unspecified atom stereocenters. The summed E-state index contributed by atoms with van der Waals surface area (Å²) >= 11 is 0. The first-order valence-electron chi connectivity index (χ1n) is 5.96. The number of rotatable bonds is 2. The van der Waals surface area contributed by atoms with E-state index in [1.807, 2.05) is 19.9 Å². The molecule has 3 N–H and O–H groups in total. The van der Waals surface area contributed by atoms with Crippen LogP contribution in [0.15, 0.2) is 12.1 Å². The second kappa shape index (κ2) is 5.32. The van der Waals surface area contributed by atoms with Crippen molar-refractivity contribution < 1.29 is 9.53 Å². The first-order chi connectivity index (χ1) is 8.60. The van der Waals surface area contributed by atoms with Gasteiger partial charge in [0.1, 0.15) is 11.5 Å². The van der Waals surface area contributed by atoms with Crippen LogP contribution in [0.4, 0.5) is 5.82 Å². The molecule has 1 fully saturated rings. The van der Waals surface area contributed by atoms with Crippen molar-refractivity contribution in [2.75, 3.05) is 24.6 Å². The van der Waals surface area contributed by atoms with Crippen LogP contribution in [0, 0.1) is 6.92 Å². The Labute approximate surface area is 106 Å². The summed E-state index contributed by atoms with van der Waals surface area (Å²) in [6.45, 7) is 6.19. The molecule has 98 valence electrons. The number of anilines is 1. The summed E-state index contributed by atoms with van der Waals surface area (Å²) < 4.78 is 5.49. The second-order valence-electron chi connectivity index (χ2n) is 4.49. The van der Waals surface area contributed by atoms with E-state index in [4.69, 9.17) is 10.6 Å². The first kappa shape index (κ1) is 12.8. The number of pyridine rings is 1. The normalized spacial score (nSPS) is 19.7. The van der Waals surface area contributed by atoms with Crippen LogP contribution in [0.25, 0.3) is 0 Å². The maximum Gasteiger partial charge on any atom is 0.283 e. The molecule has 2 heterocycles. The number of carbonyl (C=O) groups excluding carboxylic acids is 1. The molecule has 0 saturated carbocycles. The molecular formula is C12H18N4O2. The highest BCUT2D eigenvalue weighted by Gasteiger charge is 2.19. The van der Waals surface area contributed by atoms with Crippen molar-refractivity contribution in [3.8, 4) is 0 Å². The third kappa shape index (κ3) is 2.77. The Morgan fingerprint density at radius 1 is 1.61 bits per heavy atom. The Morgan fingerprint density at radius 3 is 3.06 bits per heavy atom. The Balaban J connectivity index is 2.27. The first-order valence-corrected chi connectivity index (χ1v) is 5.96. The van der Waals surface area contributed by atoms with E-state index in [2.05, 4.69) is 15.3 Å². The minimum absolute atomic E-state index is 0.174. The summed E-state index contributed by atoms with van der Waals surface area (Å²) in [4.78, 5) is 18.0. The molecule has 1 aromatic heterocycles. The van der Waals surface area contributed by atoms with Gasteiger partial charge in [0.2, 0.25) is 0 Å². The lowest BCUT2D eigenvalue weighted by atomic mass is 10.2. The molecule has 0 aliphatic carbocycles. The van der Waals surface area contributed by atoms with Gasteiger partial charge in [-0.1, -0.05) is 0 Å². The van der Waals surface area contributed by atoms with E-state index in [1.165, 1.54) is 0 Å². The molecule has 2 rings (SSSR count). The van der Waals surface area contributed by atoms with Gasteiger partial charge >= 0.3 is 0 Å². The van der Waals surface area contributed by atoms with Crippen molar-refractivity contribution >= 4 is 11.7 Å². The SMILES string of the molecule is Cc1cc(C(=O)NN)nc(N2CCOC(C)C2)c1. The number of aryl methyl sites for hydroxylation is 1. The lowest BCUT2D eigenvalue weighted by Crippen LogP contribution is -2.42. The van der Waals surface area contributed by atoms with Crippen LogP contribution >= 0.6 is 0 Å². The average molecular weight is 250 g/mol. The van der Waals surface area contributed by atoms with E-state index in [-0.39, 0.29) is 12.0 Å². The molecular weight excluding hydrogens is 232 g/mol. The predicted octanol–water partition coefficient (Wildman–Crippen LogP) is 0.219. The van der Waals surface area contributed by atoms with Gasteiger partial charge in [-0.25, -0.2) is 10.8 Å². The van der Waals surface area contributed by atoms with Crippen LogP contribution in [0.5, 0.6) is 0 Å². The minimum Gasteiger partial charge on any atom is -0.375 e. The highest BCUT2D eigenvalue weighted by Crippen LogP contribution is 2.17. The van der Waals surface area contributed by atoms with Gasteiger partial charge in [0.05, 0.1) is 12.7 Å². The van der Waals surface area contributed by atoms with Crippen LogP contribution in [0.3, 0.4) is 0 Å². The van der Waals surface area contributed by atoms with Gasteiger partial charge < -0.3 is 9.64 Å². The van der Waals surface area contributed by atoms with Gasteiger partial charge in [-0.2, -0.15) is 0 Å². The van der Waals surface area contributed by atoms with Gasteiger partial charge in [0.15, 0.2) is 0 Å². The molecule has 0 aromatic carbocycles. The minimum atomic E-state index is -0.374. The number of ether oxygens (including phenoxy) is 1. The number of nitrogens with zero attached hydrogens (tertiary/aromatic N) is 2. The lowest BCUT2D eigenvalue weighted by molar-refractivity contribution is 0.0529. The number of aromatic nitrogens is 1. The number of carbonyl (C=O) groups is 1. The van der Waals surface area contributed by atoms with Gasteiger partial charge in [-0.15, -0.1) is 0 Å². The zero-order valence-corrected chi connectivity index (χ0v) is 10.6. The molecule has 1 saturated heterocycles. The highest BCUT2D eigenvalue weighted by atomic mass is 16.5. The lowest BCUT2D eigenvalue weighted by Gasteiger charge is -2.32. The van der Waals surface area contributed by atoms with E-state index in [0.29, 0.717) is 12.3 Å². The van der Waals surface area contributed by atoms with Crippen molar-refractivity contribution in [2.24, 2.45) is 5.84 Å². The maximum absolute atomic E-state index is 11.5. The fourth-order valence-corrected chi connectivity index (χ4v) is 2.03. The Bertz CT molecular complexity index is 450. The Hall–Kier alpha value is -1.66. The summed E-state index contributed by atoms with van der Waals surface area (Å²) in [7, 11) is 0. The molecule has 1 aliphatic heterocycles. The maximum atomic E-state index is 11.5. The Kier molecular flexibility index (Phi) is 3.78. The van der Waals surface area contributed by atoms with Gasteiger partial charge in [0.25, 0.3) is 5.91 Å². The van der Waals surface area contributed by atoms with Gasteiger partial charge in [-0.3, -0.25) is 10.2 Å². The summed E-state index contributed by atoms with van der Waals surface area (Å²) in [6.07, 6.45) is 0.174. The average Bonchev–Trinajstić information content (AvgIpc) is 2.37. The monoisotopic (exact) mass is 250 g/mol. The van der Waals surface area contributed by atoms with Crippen LogP contribution in [-0.2, 0) is 4.74 Å². The Morgan fingerprint density at radius 2 is 2.39 bits per heavy atom. The fourth-order valence-electron chi connectivity index (χ4n) is 2.03. The van der Waals surface area contributed by atoms with Gasteiger partial charge in [-0.05, 0) is 31.5 Å². The van der Waals surface area contributed by atoms with Crippen LogP contribution in [0.2, 0.25) is 0 Å². The van der Waals surface area contributed by atoms with Crippen molar-refractivity contribution in [2.45, 2.75) is 20.0 Å². The fraction of sp³-hybridized carbons (Fsp3) is 0.500. The van der Waals surface area contributed by atoms with E-state index in [0.717, 1.165) is 24.5 Å². The number of hydrogen-bond donors (Lipinski definition) is 2. The highest BCUT2D eigenvalue weighted by molar-refractivity contribution is 5.92. The van der Waals surface area contributed by atoms with Crippen LogP contribution in [0.1, 0.15) is 23.0 Å². The summed E-state index contributed by atoms with van der Waals surface area (Å²) in [5.74, 6) is 5.55. The predicted molar refractivity (Wildman–Crippen MR) is 68.3 cm³/mol. The third-order valence-corrected chi connectivity index (χ3v) is 2.88. The zero-order valence-electron chi connectivity index (χ0n) is 10.6. The topological polar surface area (TPSA) is 80.5 Å². The summed E-state index contributed by atoms with van der Waals surface area (Å²) in [5, 5.41) is 0. The van der Waals surface area contributed by atoms with Crippen molar-refractivity contribution in [1.29, 1.82) is 0 Å². The second-order valence-corrected chi connectivity index (χ2v) is 4.49. The van der Waals surface area contributed by atoms with Crippen LogP contribution < -0.4 is 16.2 Å². The number of hydrogen-bond acceptors (Lipinski definition) is 5. The van der Waals surface area contributed by atoms with Gasteiger partial charge in [0, 0.05) is 13.1 Å².